The molecule has 0 aliphatic heterocycles. The van der Waals surface area contributed by atoms with Gasteiger partial charge in [0, 0.05) is 16.8 Å². The fourth-order valence-electron chi connectivity index (χ4n) is 1.10. The lowest BCUT2D eigenvalue weighted by molar-refractivity contribution is 0.701. The third kappa shape index (κ3) is 1.90. The Hall–Kier alpha value is -0.730. The number of hydrogen-bond acceptors (Lipinski definition) is 2. The molecule has 4 N–H and O–H groups in total. The van der Waals surface area contributed by atoms with Crippen molar-refractivity contribution >= 4 is 17.3 Å². The maximum absolute atomic E-state index is 5.82. The molecule has 1 aromatic rings. The van der Waals surface area contributed by atoms with Gasteiger partial charge in [0.1, 0.15) is 0 Å². The van der Waals surface area contributed by atoms with E-state index >= 15 is 0 Å². The van der Waals surface area contributed by atoms with Crippen LogP contribution in [0.3, 0.4) is 0 Å². The first-order valence-corrected chi connectivity index (χ1v) is 4.33. The molecular formula is C9H13ClN2. The third-order valence-corrected chi connectivity index (χ3v) is 2.12. The minimum absolute atomic E-state index is 0.0160. The summed E-state index contributed by atoms with van der Waals surface area (Å²) in [6.07, 6.45) is 0.881. The topological polar surface area (TPSA) is 52.0 Å². The fourth-order valence-corrected chi connectivity index (χ4v) is 1.28. The molecule has 0 aromatic heterocycles. The highest BCUT2D eigenvalue weighted by Crippen LogP contribution is 2.23. The number of hydrogen-bond donors (Lipinski definition) is 2. The second-order valence-corrected chi connectivity index (χ2v) is 3.22. The number of nitrogens with two attached hydrogens (primary N) is 2. The van der Waals surface area contributed by atoms with Crippen LogP contribution in [0.25, 0.3) is 0 Å². The van der Waals surface area contributed by atoms with Gasteiger partial charge in [-0.05, 0) is 24.1 Å². The average Bonchev–Trinajstić information content (AvgIpc) is 2.03. The van der Waals surface area contributed by atoms with Gasteiger partial charge in [-0.3, -0.25) is 0 Å². The molecular weight excluding hydrogens is 172 g/mol. The van der Waals surface area contributed by atoms with Crippen molar-refractivity contribution in [3.8, 4) is 0 Å². The number of nitrogen functional groups attached to an aromatic ring is 1. The van der Waals surface area contributed by atoms with E-state index in [4.69, 9.17) is 23.1 Å². The molecule has 1 atom stereocenters. The van der Waals surface area contributed by atoms with Crippen molar-refractivity contribution in [2.75, 3.05) is 5.73 Å². The second kappa shape index (κ2) is 3.78. The van der Waals surface area contributed by atoms with E-state index in [2.05, 4.69) is 0 Å². The Labute approximate surface area is 77.5 Å². The number of anilines is 1. The van der Waals surface area contributed by atoms with E-state index in [1.54, 1.807) is 6.07 Å². The predicted molar refractivity (Wildman–Crippen MR) is 53.1 cm³/mol. The quantitative estimate of drug-likeness (QED) is 0.694. The minimum atomic E-state index is 0.0160. The van der Waals surface area contributed by atoms with Crippen LogP contribution in [-0.4, -0.2) is 0 Å². The van der Waals surface area contributed by atoms with Crippen molar-refractivity contribution < 1.29 is 0 Å². The first-order chi connectivity index (χ1) is 5.65. The van der Waals surface area contributed by atoms with Crippen molar-refractivity contribution in [3.63, 3.8) is 0 Å². The van der Waals surface area contributed by atoms with Gasteiger partial charge in [-0.2, -0.15) is 0 Å². The Morgan fingerprint density at radius 2 is 2.17 bits per heavy atom. The van der Waals surface area contributed by atoms with Crippen LogP contribution >= 0.6 is 11.6 Å². The molecule has 1 rings (SSSR count). The molecule has 0 heterocycles. The summed E-state index contributed by atoms with van der Waals surface area (Å²) in [4.78, 5) is 0. The second-order valence-electron chi connectivity index (χ2n) is 2.79. The van der Waals surface area contributed by atoms with Gasteiger partial charge in [0.05, 0.1) is 0 Å². The standard InChI is InChI=1S/C9H13ClN2/c1-2-8(11)7-4-3-6(10)5-9(7)12/h3-5,8H,2,11-12H2,1H3/t8-/m0/s1. The molecule has 0 aliphatic carbocycles. The van der Waals surface area contributed by atoms with Crippen LogP contribution in [0, 0.1) is 0 Å². The smallest absolute Gasteiger partial charge is 0.0426 e. The lowest BCUT2D eigenvalue weighted by Gasteiger charge is -2.11. The minimum Gasteiger partial charge on any atom is -0.398 e. The van der Waals surface area contributed by atoms with Crippen LogP contribution in [0.5, 0.6) is 0 Å². The zero-order valence-electron chi connectivity index (χ0n) is 7.05. The summed E-state index contributed by atoms with van der Waals surface area (Å²) in [6.45, 7) is 2.03. The Kier molecular flexibility index (Phi) is 2.95. The summed E-state index contributed by atoms with van der Waals surface area (Å²) >= 11 is 5.74. The lowest BCUT2D eigenvalue weighted by atomic mass is 10.0. The van der Waals surface area contributed by atoms with Crippen LogP contribution in [0.15, 0.2) is 18.2 Å². The molecule has 1 aromatic carbocycles. The normalized spacial score (nSPS) is 12.9. The van der Waals surface area contributed by atoms with Gasteiger partial charge < -0.3 is 11.5 Å². The average molecular weight is 185 g/mol. The van der Waals surface area contributed by atoms with Crippen molar-refractivity contribution in [2.45, 2.75) is 19.4 Å². The van der Waals surface area contributed by atoms with Crippen LogP contribution < -0.4 is 11.5 Å². The van der Waals surface area contributed by atoms with Gasteiger partial charge in [0.2, 0.25) is 0 Å². The largest absolute Gasteiger partial charge is 0.398 e. The molecule has 0 unspecified atom stereocenters. The Balaban J connectivity index is 3.01. The van der Waals surface area contributed by atoms with Gasteiger partial charge >= 0.3 is 0 Å². The first kappa shape index (κ1) is 9.36. The zero-order valence-corrected chi connectivity index (χ0v) is 7.81. The number of benzene rings is 1. The van der Waals surface area contributed by atoms with E-state index < -0.39 is 0 Å². The summed E-state index contributed by atoms with van der Waals surface area (Å²) in [5.74, 6) is 0. The predicted octanol–water partition coefficient (Wildman–Crippen LogP) is 2.33. The molecule has 12 heavy (non-hydrogen) atoms. The Bertz CT molecular complexity index is 273. The molecule has 0 bridgehead atoms. The molecule has 0 spiro atoms. The van der Waals surface area contributed by atoms with E-state index in [0.717, 1.165) is 12.0 Å². The zero-order chi connectivity index (χ0) is 9.14. The maximum atomic E-state index is 5.82. The molecule has 66 valence electrons. The molecule has 3 heteroatoms. The molecule has 2 nitrogen and oxygen atoms in total. The summed E-state index contributed by atoms with van der Waals surface area (Å²) in [5.41, 5.74) is 13.2. The van der Waals surface area contributed by atoms with E-state index in [1.807, 2.05) is 19.1 Å². The van der Waals surface area contributed by atoms with Gasteiger partial charge in [0.25, 0.3) is 0 Å². The summed E-state index contributed by atoms with van der Waals surface area (Å²) < 4.78 is 0. The highest BCUT2D eigenvalue weighted by molar-refractivity contribution is 6.30. The van der Waals surface area contributed by atoms with Crippen molar-refractivity contribution in [1.29, 1.82) is 0 Å². The van der Waals surface area contributed by atoms with Gasteiger partial charge in [-0.1, -0.05) is 24.6 Å². The van der Waals surface area contributed by atoms with E-state index in [1.165, 1.54) is 0 Å². The summed E-state index contributed by atoms with van der Waals surface area (Å²) in [5, 5.41) is 0.652. The maximum Gasteiger partial charge on any atom is 0.0426 e. The molecule has 0 radical (unpaired) electrons. The van der Waals surface area contributed by atoms with Crippen molar-refractivity contribution in [1.82, 2.24) is 0 Å². The van der Waals surface area contributed by atoms with Crippen LogP contribution in [-0.2, 0) is 0 Å². The summed E-state index contributed by atoms with van der Waals surface area (Å²) in [6, 6.07) is 5.43. The van der Waals surface area contributed by atoms with E-state index in [-0.39, 0.29) is 6.04 Å². The monoisotopic (exact) mass is 184 g/mol. The molecule has 0 aliphatic rings. The van der Waals surface area contributed by atoms with Crippen LogP contribution in [0.4, 0.5) is 5.69 Å². The van der Waals surface area contributed by atoms with Crippen molar-refractivity contribution in [2.24, 2.45) is 5.73 Å². The Morgan fingerprint density at radius 1 is 1.50 bits per heavy atom. The summed E-state index contributed by atoms with van der Waals surface area (Å²) in [7, 11) is 0. The van der Waals surface area contributed by atoms with Gasteiger partial charge in [0.15, 0.2) is 0 Å². The third-order valence-electron chi connectivity index (χ3n) is 1.89. The molecule has 0 saturated heterocycles. The van der Waals surface area contributed by atoms with E-state index in [0.29, 0.717) is 10.7 Å². The first-order valence-electron chi connectivity index (χ1n) is 3.95. The van der Waals surface area contributed by atoms with Crippen LogP contribution in [0.2, 0.25) is 5.02 Å². The van der Waals surface area contributed by atoms with Crippen molar-refractivity contribution in [3.05, 3.63) is 28.8 Å². The molecule has 0 saturated carbocycles. The SMILES string of the molecule is CC[C@H](N)c1ccc(Cl)cc1N. The molecule has 0 fully saturated rings. The van der Waals surface area contributed by atoms with Crippen LogP contribution in [0.1, 0.15) is 24.9 Å². The molecule has 0 amide bonds. The fraction of sp³-hybridized carbons (Fsp3) is 0.333. The number of rotatable bonds is 2. The Morgan fingerprint density at radius 3 is 2.67 bits per heavy atom. The van der Waals surface area contributed by atoms with Gasteiger partial charge in [-0.15, -0.1) is 0 Å². The number of halogens is 1. The highest BCUT2D eigenvalue weighted by Gasteiger charge is 2.06. The highest BCUT2D eigenvalue weighted by atomic mass is 35.5. The van der Waals surface area contributed by atoms with Gasteiger partial charge in [-0.25, -0.2) is 0 Å². The lowest BCUT2D eigenvalue weighted by Crippen LogP contribution is -2.10. The van der Waals surface area contributed by atoms with E-state index in [9.17, 15) is 0 Å².